The van der Waals surface area contributed by atoms with Crippen molar-refractivity contribution in [3.63, 3.8) is 0 Å². The molecule has 0 saturated carbocycles. The van der Waals surface area contributed by atoms with Crippen LogP contribution in [0.1, 0.15) is 11.4 Å². The summed E-state index contributed by atoms with van der Waals surface area (Å²) >= 11 is 0. The van der Waals surface area contributed by atoms with E-state index in [0.717, 1.165) is 0 Å². The van der Waals surface area contributed by atoms with Gasteiger partial charge in [0.1, 0.15) is 5.69 Å². The molecule has 0 unspecified atom stereocenters. The summed E-state index contributed by atoms with van der Waals surface area (Å²) in [5.41, 5.74) is -3.15. The molecular weight excluding hydrogens is 214 g/mol. The Kier molecular flexibility index (Phi) is 2.24. The molecule has 0 bridgehead atoms. The second-order valence-corrected chi connectivity index (χ2v) is 2.41. The maximum Gasteiger partial charge on any atom is 0.435 e. The molecule has 1 aromatic rings. The average molecular weight is 217 g/mol. The van der Waals surface area contributed by atoms with E-state index in [4.69, 9.17) is 0 Å². The van der Waals surface area contributed by atoms with Crippen LogP contribution in [0.25, 0.3) is 0 Å². The molecule has 0 aromatic carbocycles. The molecule has 1 radical (unpaired) electrons. The predicted molar refractivity (Wildman–Crippen MR) is 33.0 cm³/mol. The molecular formula is C6H3F6N2. The number of rotatable bonds is 0. The van der Waals surface area contributed by atoms with Gasteiger partial charge in [0, 0.05) is 6.07 Å². The zero-order valence-corrected chi connectivity index (χ0v) is 6.45. The monoisotopic (exact) mass is 217 g/mol. The lowest BCUT2D eigenvalue weighted by Crippen LogP contribution is -2.10. The molecule has 0 aliphatic heterocycles. The van der Waals surface area contributed by atoms with Crippen LogP contribution in [0.5, 0.6) is 0 Å². The van der Waals surface area contributed by atoms with Crippen molar-refractivity contribution in [1.29, 1.82) is 0 Å². The molecule has 0 fully saturated rings. The Morgan fingerprint density at radius 3 is 1.79 bits per heavy atom. The fourth-order valence-corrected chi connectivity index (χ4v) is 0.783. The Bertz CT molecular complexity index is 333. The Labute approximate surface area is 74.1 Å². The van der Waals surface area contributed by atoms with Gasteiger partial charge in [-0.05, 0) is 0 Å². The van der Waals surface area contributed by atoms with Crippen molar-refractivity contribution in [1.82, 2.24) is 9.78 Å². The lowest BCUT2D eigenvalue weighted by Gasteiger charge is -2.04. The fraction of sp³-hybridized carbons (Fsp3) is 0.333. The quantitative estimate of drug-likeness (QED) is 0.610. The van der Waals surface area contributed by atoms with Crippen LogP contribution >= 0.6 is 0 Å². The van der Waals surface area contributed by atoms with Gasteiger partial charge in [-0.25, -0.2) is 0 Å². The molecule has 0 amide bonds. The van der Waals surface area contributed by atoms with Crippen molar-refractivity contribution >= 4 is 0 Å². The fourth-order valence-electron chi connectivity index (χ4n) is 0.783. The van der Waals surface area contributed by atoms with Gasteiger partial charge in [0.05, 0.1) is 7.05 Å². The maximum atomic E-state index is 12.0. The Hall–Kier alpha value is -1.21. The zero-order chi connectivity index (χ0) is 11.1. The highest BCUT2D eigenvalue weighted by molar-refractivity contribution is 5.16. The van der Waals surface area contributed by atoms with Crippen molar-refractivity contribution in [3.05, 3.63) is 24.5 Å². The van der Waals surface area contributed by atoms with Gasteiger partial charge < -0.3 is 0 Å². The molecule has 14 heavy (non-hydrogen) atoms. The summed E-state index contributed by atoms with van der Waals surface area (Å²) in [7, 11) is 2.71. The summed E-state index contributed by atoms with van der Waals surface area (Å²) in [6.07, 6.45) is -9.79. The SMILES string of the molecule is [CH2]n1nc(C(F)(F)F)cc1C(F)(F)F. The molecule has 1 heterocycles. The zero-order valence-electron chi connectivity index (χ0n) is 6.45. The molecule has 1 aromatic heterocycles. The van der Waals surface area contributed by atoms with Crippen LogP contribution in [0.3, 0.4) is 0 Å². The third-order valence-electron chi connectivity index (χ3n) is 1.36. The first-order valence-corrected chi connectivity index (χ1v) is 3.17. The first-order valence-electron chi connectivity index (χ1n) is 3.17. The van der Waals surface area contributed by atoms with Crippen LogP contribution in [0.15, 0.2) is 6.07 Å². The van der Waals surface area contributed by atoms with Crippen molar-refractivity contribution < 1.29 is 26.3 Å². The van der Waals surface area contributed by atoms with E-state index in [2.05, 4.69) is 12.1 Å². The van der Waals surface area contributed by atoms with E-state index in [-0.39, 0.29) is 10.7 Å². The molecule has 0 atom stereocenters. The summed E-state index contributed by atoms with van der Waals surface area (Å²) in [5.74, 6) is 0. The summed E-state index contributed by atoms with van der Waals surface area (Å²) in [5, 5.41) is 2.61. The van der Waals surface area contributed by atoms with Gasteiger partial charge in [-0.15, -0.1) is 0 Å². The number of halogens is 6. The van der Waals surface area contributed by atoms with E-state index in [1.165, 1.54) is 0 Å². The third-order valence-corrected chi connectivity index (χ3v) is 1.36. The largest absolute Gasteiger partial charge is 0.435 e. The van der Waals surface area contributed by atoms with Gasteiger partial charge >= 0.3 is 12.4 Å². The van der Waals surface area contributed by atoms with Crippen LogP contribution in [-0.2, 0) is 12.4 Å². The van der Waals surface area contributed by atoms with Crippen molar-refractivity contribution in [3.8, 4) is 0 Å². The Morgan fingerprint density at radius 1 is 1.07 bits per heavy atom. The van der Waals surface area contributed by atoms with Gasteiger partial charge in [0.15, 0.2) is 5.69 Å². The van der Waals surface area contributed by atoms with Gasteiger partial charge in [-0.3, -0.25) is 4.68 Å². The highest BCUT2D eigenvalue weighted by Crippen LogP contribution is 2.34. The van der Waals surface area contributed by atoms with Crippen molar-refractivity contribution in [2.75, 3.05) is 0 Å². The number of hydrogen-bond donors (Lipinski definition) is 0. The van der Waals surface area contributed by atoms with E-state index in [0.29, 0.717) is 0 Å². The number of hydrogen-bond acceptors (Lipinski definition) is 1. The summed E-state index contributed by atoms with van der Waals surface area (Å²) < 4.78 is 71.5. The minimum Gasteiger partial charge on any atom is -0.258 e. The summed E-state index contributed by atoms with van der Waals surface area (Å²) in [4.78, 5) is 0. The normalized spacial score (nSPS) is 13.4. The lowest BCUT2D eigenvalue weighted by atomic mass is 10.3. The molecule has 2 nitrogen and oxygen atoms in total. The first kappa shape index (κ1) is 10.9. The topological polar surface area (TPSA) is 17.8 Å². The average Bonchev–Trinajstić information content (AvgIpc) is 2.27. The smallest absolute Gasteiger partial charge is 0.258 e. The number of alkyl halides is 6. The number of nitrogens with zero attached hydrogens (tertiary/aromatic N) is 2. The van der Waals surface area contributed by atoms with Crippen molar-refractivity contribution in [2.24, 2.45) is 0 Å². The highest BCUT2D eigenvalue weighted by Gasteiger charge is 2.41. The minimum absolute atomic E-state index is 0.0903. The minimum atomic E-state index is -4.90. The second kappa shape index (κ2) is 2.89. The molecule has 0 saturated heterocycles. The van der Waals surface area contributed by atoms with Gasteiger partial charge in [-0.2, -0.15) is 31.4 Å². The predicted octanol–water partition coefficient (Wildman–Crippen LogP) is 2.56. The first-order chi connectivity index (χ1) is 6.12. The van der Waals surface area contributed by atoms with E-state index in [9.17, 15) is 26.3 Å². The van der Waals surface area contributed by atoms with Gasteiger partial charge in [0.2, 0.25) is 0 Å². The van der Waals surface area contributed by atoms with Gasteiger partial charge in [0.25, 0.3) is 0 Å². The molecule has 0 N–H and O–H groups in total. The lowest BCUT2D eigenvalue weighted by molar-refractivity contribution is -0.143. The van der Waals surface area contributed by atoms with E-state index in [1.807, 2.05) is 0 Å². The third kappa shape index (κ3) is 1.99. The van der Waals surface area contributed by atoms with Crippen LogP contribution in [0, 0.1) is 7.05 Å². The van der Waals surface area contributed by atoms with Crippen LogP contribution < -0.4 is 0 Å². The second-order valence-electron chi connectivity index (χ2n) is 2.41. The standard InChI is InChI=1S/C6H3F6N2/c1-14-4(6(10,11)12)2-3(13-14)5(7,8)9/h2H,1H2. The molecule has 0 spiro atoms. The van der Waals surface area contributed by atoms with E-state index >= 15 is 0 Å². The molecule has 0 aliphatic rings. The van der Waals surface area contributed by atoms with Crippen LogP contribution in [-0.4, -0.2) is 9.78 Å². The van der Waals surface area contributed by atoms with Gasteiger partial charge in [-0.1, -0.05) is 0 Å². The summed E-state index contributed by atoms with van der Waals surface area (Å²) in [6, 6.07) is -0.0903. The maximum absolute atomic E-state index is 12.0. The molecule has 8 heteroatoms. The highest BCUT2D eigenvalue weighted by atomic mass is 19.4. The Balaban J connectivity index is 3.19. The van der Waals surface area contributed by atoms with Crippen LogP contribution in [0.2, 0.25) is 0 Å². The Morgan fingerprint density at radius 2 is 1.57 bits per heavy atom. The van der Waals surface area contributed by atoms with Crippen LogP contribution in [0.4, 0.5) is 26.3 Å². The van der Waals surface area contributed by atoms with E-state index < -0.39 is 23.7 Å². The molecule has 0 aliphatic carbocycles. The molecule has 1 rings (SSSR count). The van der Waals surface area contributed by atoms with Crippen molar-refractivity contribution in [2.45, 2.75) is 12.4 Å². The van der Waals surface area contributed by atoms with E-state index in [1.54, 1.807) is 0 Å². The summed E-state index contributed by atoms with van der Waals surface area (Å²) in [6.45, 7) is 0. The molecule has 79 valence electrons. The number of aromatic nitrogens is 2.